The van der Waals surface area contributed by atoms with Crippen molar-refractivity contribution in [3.63, 3.8) is 0 Å². The lowest BCUT2D eigenvalue weighted by Crippen LogP contribution is -2.25. The molecule has 0 saturated carbocycles. The third-order valence-electron chi connectivity index (χ3n) is 5.22. The van der Waals surface area contributed by atoms with Crippen molar-refractivity contribution in [2.75, 3.05) is 0 Å². The van der Waals surface area contributed by atoms with Gasteiger partial charge in [0, 0.05) is 22.7 Å². The van der Waals surface area contributed by atoms with Crippen LogP contribution in [0.1, 0.15) is 5.56 Å². The first-order valence-corrected chi connectivity index (χ1v) is 9.31. The van der Waals surface area contributed by atoms with Crippen molar-refractivity contribution in [1.29, 1.82) is 0 Å². The van der Waals surface area contributed by atoms with Crippen LogP contribution in [0.4, 0.5) is 0 Å². The van der Waals surface area contributed by atoms with E-state index in [4.69, 9.17) is 11.6 Å². The first-order valence-electron chi connectivity index (χ1n) is 8.93. The van der Waals surface area contributed by atoms with Crippen LogP contribution in [0, 0.1) is 0 Å². The number of hydrogen-bond donors (Lipinski definition) is 3. The average Bonchev–Trinajstić information content (AvgIpc) is 3.25. The van der Waals surface area contributed by atoms with Crippen molar-refractivity contribution in [3.8, 4) is 17.0 Å². The van der Waals surface area contributed by atoms with Gasteiger partial charge in [-0.25, -0.2) is 4.99 Å². The minimum atomic E-state index is -0.629. The second kappa shape index (κ2) is 6.30. The second-order valence-corrected chi connectivity index (χ2v) is 7.32. The van der Waals surface area contributed by atoms with Gasteiger partial charge in [-0.1, -0.05) is 23.7 Å². The molecule has 2 aromatic heterocycles. The van der Waals surface area contributed by atoms with Gasteiger partial charge in [0.1, 0.15) is 11.3 Å². The summed E-state index contributed by atoms with van der Waals surface area (Å²) in [5, 5.41) is 17.5. The standard InChI is InChI=1S/C21H13ClN4O4/c1-26-13-5-3-2-4-10(13)18(27)16(21(26)30)17-15(20(29)25-24-17)14-11-8-9(22)6-7-12(11)23-19(14)28/h2-8,27H,1H3,(H2,24,25,29). The zero-order chi connectivity index (χ0) is 21.2. The van der Waals surface area contributed by atoms with Crippen LogP contribution in [0.2, 0.25) is 5.02 Å². The molecule has 5 rings (SSSR count). The molecule has 3 heterocycles. The van der Waals surface area contributed by atoms with E-state index in [9.17, 15) is 19.5 Å². The average molecular weight is 421 g/mol. The summed E-state index contributed by atoms with van der Waals surface area (Å²) < 4.78 is 1.37. The third kappa shape index (κ3) is 2.40. The monoisotopic (exact) mass is 420 g/mol. The highest BCUT2D eigenvalue weighted by Crippen LogP contribution is 2.34. The molecule has 30 heavy (non-hydrogen) atoms. The van der Waals surface area contributed by atoms with Crippen LogP contribution in [-0.2, 0) is 11.8 Å². The molecule has 0 unspecified atom stereocenters. The molecule has 0 radical (unpaired) electrons. The number of carbonyl (C=O) groups is 1. The number of aromatic nitrogens is 3. The Morgan fingerprint density at radius 2 is 1.80 bits per heavy atom. The predicted octanol–water partition coefficient (Wildman–Crippen LogP) is 0.940. The molecule has 4 aromatic rings. The van der Waals surface area contributed by atoms with Crippen molar-refractivity contribution in [3.05, 3.63) is 84.3 Å². The Bertz CT molecular complexity index is 1640. The lowest BCUT2D eigenvalue weighted by Gasteiger charge is -2.11. The van der Waals surface area contributed by atoms with E-state index in [1.54, 1.807) is 43.4 Å². The lowest BCUT2D eigenvalue weighted by molar-refractivity contribution is -0.112. The summed E-state index contributed by atoms with van der Waals surface area (Å²) in [5.74, 6) is -0.921. The van der Waals surface area contributed by atoms with Gasteiger partial charge in [0.25, 0.3) is 17.0 Å². The van der Waals surface area contributed by atoms with Crippen molar-refractivity contribution in [2.45, 2.75) is 0 Å². The Labute approximate surface area is 172 Å². The maximum Gasteiger partial charge on any atom is 0.279 e. The predicted molar refractivity (Wildman–Crippen MR) is 111 cm³/mol. The van der Waals surface area contributed by atoms with Crippen molar-refractivity contribution in [1.82, 2.24) is 14.8 Å². The van der Waals surface area contributed by atoms with E-state index in [2.05, 4.69) is 15.2 Å². The molecule has 0 spiro atoms. The van der Waals surface area contributed by atoms with Gasteiger partial charge in [-0.05, 0) is 30.3 Å². The first kappa shape index (κ1) is 18.1. The fourth-order valence-corrected chi connectivity index (χ4v) is 3.99. The molecule has 2 aromatic carbocycles. The second-order valence-electron chi connectivity index (χ2n) is 6.89. The molecule has 1 amide bonds. The maximum atomic E-state index is 13.1. The Kier molecular flexibility index (Phi) is 3.81. The number of amides is 1. The van der Waals surface area contributed by atoms with E-state index >= 15 is 0 Å². The van der Waals surface area contributed by atoms with Gasteiger partial charge in [-0.2, -0.15) is 0 Å². The Balaban J connectivity index is 1.93. The Morgan fingerprint density at radius 3 is 2.60 bits per heavy atom. The van der Waals surface area contributed by atoms with E-state index in [0.717, 1.165) is 0 Å². The molecule has 0 fully saturated rings. The van der Waals surface area contributed by atoms with Crippen LogP contribution >= 0.6 is 11.6 Å². The normalized spacial score (nSPS) is 13.0. The Hall–Kier alpha value is -3.91. The lowest BCUT2D eigenvalue weighted by atomic mass is 9.98. The number of benzene rings is 2. The molecule has 0 atom stereocenters. The van der Waals surface area contributed by atoms with E-state index < -0.39 is 17.0 Å². The molecule has 0 aliphatic carbocycles. The highest BCUT2D eigenvalue weighted by Gasteiger charge is 2.29. The number of aryl methyl sites for hydroxylation is 1. The highest BCUT2D eigenvalue weighted by molar-refractivity contribution is 6.31. The summed E-state index contributed by atoms with van der Waals surface area (Å²) in [6.07, 6.45) is 0. The number of rotatable bonds is 2. The van der Waals surface area contributed by atoms with Gasteiger partial charge in [-0.15, -0.1) is 0 Å². The molecule has 1 aliphatic heterocycles. The number of nitrogens with one attached hydrogen (secondary N) is 2. The van der Waals surface area contributed by atoms with Gasteiger partial charge in [0.05, 0.1) is 27.7 Å². The topological polar surface area (TPSA) is 120 Å². The third-order valence-corrected chi connectivity index (χ3v) is 5.45. The van der Waals surface area contributed by atoms with Gasteiger partial charge in [0.2, 0.25) is 0 Å². The number of halogens is 1. The number of para-hydroxylation sites is 1. The van der Waals surface area contributed by atoms with Crippen molar-refractivity contribution in [2.24, 2.45) is 12.0 Å². The van der Waals surface area contributed by atoms with Crippen LogP contribution in [0.3, 0.4) is 0 Å². The van der Waals surface area contributed by atoms with Crippen LogP contribution in [0.25, 0.3) is 27.7 Å². The largest absolute Gasteiger partial charge is 0.506 e. The van der Waals surface area contributed by atoms with Gasteiger partial charge >= 0.3 is 0 Å². The molecule has 0 saturated heterocycles. The van der Waals surface area contributed by atoms with Gasteiger partial charge in [0.15, 0.2) is 0 Å². The number of carbonyl (C=O) groups excluding carboxylic acids is 1. The quantitative estimate of drug-likeness (QED) is 0.447. The highest BCUT2D eigenvalue weighted by atomic mass is 35.5. The molecule has 8 nitrogen and oxygen atoms in total. The van der Waals surface area contributed by atoms with Gasteiger partial charge in [-0.3, -0.25) is 24.6 Å². The van der Waals surface area contributed by atoms with E-state index in [1.807, 2.05) is 0 Å². The number of fused-ring (bicyclic) bond motifs is 2. The van der Waals surface area contributed by atoms with Crippen LogP contribution in [-0.4, -0.2) is 25.8 Å². The molecule has 148 valence electrons. The molecular formula is C21H13ClN4O4. The Morgan fingerprint density at radius 1 is 1.03 bits per heavy atom. The number of nitrogens with zero attached hydrogens (tertiary/aromatic N) is 2. The van der Waals surface area contributed by atoms with Crippen LogP contribution in [0.5, 0.6) is 5.75 Å². The molecule has 0 bridgehead atoms. The number of aromatic hydroxyl groups is 1. The number of hydrogen-bond acceptors (Lipinski definition) is 4. The molecule has 1 aliphatic rings. The molecule has 9 heteroatoms. The van der Waals surface area contributed by atoms with Crippen molar-refractivity contribution >= 4 is 34.0 Å². The zero-order valence-electron chi connectivity index (χ0n) is 15.5. The SMILES string of the molecule is Cn1c(=O)c(-c2[nH][nH]c(=O)c2C2=c3cc(Cl)ccc3=NC2=O)c(O)c2ccccc21. The minimum absolute atomic E-state index is 0.00947. The fraction of sp³-hybridized carbons (Fsp3) is 0.0476. The van der Waals surface area contributed by atoms with Crippen LogP contribution < -0.4 is 21.7 Å². The minimum Gasteiger partial charge on any atom is -0.506 e. The van der Waals surface area contributed by atoms with Gasteiger partial charge < -0.3 is 9.67 Å². The summed E-state index contributed by atoms with van der Waals surface area (Å²) >= 11 is 6.08. The number of aromatic amines is 2. The maximum absolute atomic E-state index is 13.1. The van der Waals surface area contributed by atoms with Crippen LogP contribution in [0.15, 0.2) is 57.0 Å². The zero-order valence-corrected chi connectivity index (χ0v) is 16.2. The summed E-state index contributed by atoms with van der Waals surface area (Å²) in [6, 6.07) is 11.5. The fourth-order valence-electron chi connectivity index (χ4n) is 3.82. The summed E-state index contributed by atoms with van der Waals surface area (Å²) in [5.41, 5.74) is -0.800. The number of H-pyrrole nitrogens is 2. The van der Waals surface area contributed by atoms with Crippen molar-refractivity contribution < 1.29 is 9.90 Å². The smallest absolute Gasteiger partial charge is 0.279 e. The number of pyridine rings is 1. The summed E-state index contributed by atoms with van der Waals surface area (Å²) in [6.45, 7) is 0. The summed E-state index contributed by atoms with van der Waals surface area (Å²) in [7, 11) is 1.57. The van der Waals surface area contributed by atoms with E-state index in [0.29, 0.717) is 26.5 Å². The summed E-state index contributed by atoms with van der Waals surface area (Å²) in [4.78, 5) is 42.4. The van der Waals surface area contributed by atoms with E-state index in [-0.39, 0.29) is 28.1 Å². The van der Waals surface area contributed by atoms with E-state index in [1.165, 1.54) is 10.6 Å². The molecule has 3 N–H and O–H groups in total. The first-order chi connectivity index (χ1) is 14.4. The molecular weight excluding hydrogens is 408 g/mol.